The Kier molecular flexibility index (Phi) is 5.47. The minimum atomic E-state index is -3.70. The number of sulfonamides is 1. The molecule has 0 aliphatic carbocycles. The molecule has 118 valence electrons. The molecule has 21 heavy (non-hydrogen) atoms. The van der Waals surface area contributed by atoms with Gasteiger partial charge in [0.15, 0.2) is 5.00 Å². The molecular weight excluding hydrogens is 334 g/mol. The Balaban J connectivity index is 2.22. The molecule has 0 radical (unpaired) electrons. The third kappa shape index (κ3) is 4.09. The van der Waals surface area contributed by atoms with E-state index >= 15 is 0 Å². The van der Waals surface area contributed by atoms with E-state index in [0.29, 0.717) is 6.54 Å². The molecule has 1 saturated heterocycles. The molecule has 0 amide bonds. The molecular formula is C11H17N3O4S3. The Morgan fingerprint density at radius 1 is 1.43 bits per heavy atom. The van der Waals surface area contributed by atoms with Crippen molar-refractivity contribution in [3.05, 3.63) is 16.2 Å². The fourth-order valence-corrected chi connectivity index (χ4v) is 5.83. The quantitative estimate of drug-likeness (QED) is 0.602. The third-order valence-corrected chi connectivity index (χ3v) is 7.16. The first-order chi connectivity index (χ1) is 9.94. The summed E-state index contributed by atoms with van der Waals surface area (Å²) in [4.78, 5) is 10.4. The fourth-order valence-electron chi connectivity index (χ4n) is 2.01. The summed E-state index contributed by atoms with van der Waals surface area (Å²) in [5, 5.41) is 14.1. The second-order valence-electron chi connectivity index (χ2n) is 4.58. The summed E-state index contributed by atoms with van der Waals surface area (Å²) in [6, 6.07) is 1.04. The lowest BCUT2D eigenvalue weighted by Crippen LogP contribution is -2.36. The van der Waals surface area contributed by atoms with Crippen LogP contribution in [-0.4, -0.2) is 37.4 Å². The SMILES string of the molecule is CCNc1sc(S(=O)(=O)NC2CCSCC2)cc1[N+](=O)[O-]. The molecule has 1 fully saturated rings. The van der Waals surface area contributed by atoms with Gasteiger partial charge >= 0.3 is 5.69 Å². The molecule has 0 bridgehead atoms. The Morgan fingerprint density at radius 2 is 2.10 bits per heavy atom. The van der Waals surface area contributed by atoms with Crippen molar-refractivity contribution in [1.82, 2.24) is 4.72 Å². The lowest BCUT2D eigenvalue weighted by molar-refractivity contribution is -0.383. The van der Waals surface area contributed by atoms with E-state index in [9.17, 15) is 18.5 Å². The van der Waals surface area contributed by atoms with Crippen LogP contribution < -0.4 is 10.0 Å². The number of thioether (sulfide) groups is 1. The number of nitro groups is 1. The van der Waals surface area contributed by atoms with Gasteiger partial charge in [-0.05, 0) is 31.3 Å². The van der Waals surface area contributed by atoms with Crippen molar-refractivity contribution >= 4 is 43.8 Å². The van der Waals surface area contributed by atoms with Crippen LogP contribution in [0.5, 0.6) is 0 Å². The molecule has 0 atom stereocenters. The van der Waals surface area contributed by atoms with Gasteiger partial charge in [0.1, 0.15) is 4.21 Å². The van der Waals surface area contributed by atoms with Gasteiger partial charge in [-0.15, -0.1) is 0 Å². The van der Waals surface area contributed by atoms with E-state index in [4.69, 9.17) is 0 Å². The summed E-state index contributed by atoms with van der Waals surface area (Å²) >= 11 is 2.71. The highest BCUT2D eigenvalue weighted by molar-refractivity contribution is 7.99. The number of thiophene rings is 1. The van der Waals surface area contributed by atoms with Gasteiger partial charge in [0.25, 0.3) is 10.0 Å². The monoisotopic (exact) mass is 351 g/mol. The summed E-state index contributed by atoms with van der Waals surface area (Å²) in [6.45, 7) is 2.30. The maximum absolute atomic E-state index is 12.3. The number of nitrogens with one attached hydrogen (secondary N) is 2. The Bertz CT molecular complexity index is 608. The zero-order valence-electron chi connectivity index (χ0n) is 11.5. The molecule has 0 aromatic carbocycles. The molecule has 0 unspecified atom stereocenters. The van der Waals surface area contributed by atoms with E-state index in [1.54, 1.807) is 18.7 Å². The molecule has 1 aromatic heterocycles. The van der Waals surface area contributed by atoms with Crippen LogP contribution >= 0.6 is 23.1 Å². The second-order valence-corrected chi connectivity index (χ2v) is 8.79. The maximum Gasteiger partial charge on any atom is 0.304 e. The zero-order valence-corrected chi connectivity index (χ0v) is 13.9. The first kappa shape index (κ1) is 16.5. The van der Waals surface area contributed by atoms with Crippen LogP contribution in [0.4, 0.5) is 10.7 Å². The van der Waals surface area contributed by atoms with Gasteiger partial charge in [-0.25, -0.2) is 13.1 Å². The average Bonchev–Trinajstić information content (AvgIpc) is 2.85. The molecule has 1 aliphatic rings. The zero-order chi connectivity index (χ0) is 15.5. The largest absolute Gasteiger partial charge is 0.372 e. The topological polar surface area (TPSA) is 101 Å². The number of hydrogen-bond donors (Lipinski definition) is 2. The van der Waals surface area contributed by atoms with Crippen molar-refractivity contribution in [2.45, 2.75) is 30.0 Å². The number of anilines is 1. The van der Waals surface area contributed by atoms with E-state index in [1.165, 1.54) is 0 Å². The first-order valence-electron chi connectivity index (χ1n) is 6.56. The minimum absolute atomic E-state index is 0.0108. The van der Waals surface area contributed by atoms with Crippen LogP contribution in [0.1, 0.15) is 19.8 Å². The molecule has 7 nitrogen and oxygen atoms in total. The van der Waals surface area contributed by atoms with Crippen LogP contribution in [0.3, 0.4) is 0 Å². The van der Waals surface area contributed by atoms with Gasteiger partial charge in [0.05, 0.1) is 4.92 Å². The summed E-state index contributed by atoms with van der Waals surface area (Å²) in [5.41, 5.74) is -0.193. The Labute approximate surface area is 131 Å². The van der Waals surface area contributed by atoms with Crippen molar-refractivity contribution in [2.75, 3.05) is 23.4 Å². The van der Waals surface area contributed by atoms with Crippen molar-refractivity contribution in [1.29, 1.82) is 0 Å². The summed E-state index contributed by atoms with van der Waals surface area (Å²) < 4.78 is 27.3. The van der Waals surface area contributed by atoms with E-state index in [2.05, 4.69) is 10.0 Å². The van der Waals surface area contributed by atoms with Crippen LogP contribution in [0, 0.1) is 10.1 Å². The minimum Gasteiger partial charge on any atom is -0.372 e. The number of rotatable bonds is 6. The highest BCUT2D eigenvalue weighted by atomic mass is 32.2. The Hall–Kier alpha value is -0.840. The van der Waals surface area contributed by atoms with Crippen molar-refractivity contribution in [2.24, 2.45) is 0 Å². The van der Waals surface area contributed by atoms with Crippen LogP contribution in [-0.2, 0) is 10.0 Å². The van der Waals surface area contributed by atoms with Crippen LogP contribution in [0.25, 0.3) is 0 Å². The molecule has 2 heterocycles. The van der Waals surface area contributed by atoms with E-state index in [-0.39, 0.29) is 20.9 Å². The molecule has 1 aromatic rings. The van der Waals surface area contributed by atoms with E-state index in [1.807, 2.05) is 0 Å². The molecule has 0 spiro atoms. The van der Waals surface area contributed by atoms with Gasteiger partial charge in [-0.2, -0.15) is 11.8 Å². The normalized spacial score (nSPS) is 16.8. The van der Waals surface area contributed by atoms with E-state index < -0.39 is 14.9 Å². The lowest BCUT2D eigenvalue weighted by Gasteiger charge is -2.21. The fraction of sp³-hybridized carbons (Fsp3) is 0.636. The van der Waals surface area contributed by atoms with E-state index in [0.717, 1.165) is 41.8 Å². The van der Waals surface area contributed by atoms with Gasteiger partial charge in [-0.3, -0.25) is 10.1 Å². The predicted octanol–water partition coefficient (Wildman–Crippen LogP) is 2.26. The highest BCUT2D eigenvalue weighted by Crippen LogP contribution is 2.37. The second kappa shape index (κ2) is 6.95. The van der Waals surface area contributed by atoms with Gasteiger partial charge < -0.3 is 5.32 Å². The highest BCUT2D eigenvalue weighted by Gasteiger charge is 2.28. The van der Waals surface area contributed by atoms with Crippen molar-refractivity contribution in [3.63, 3.8) is 0 Å². The average molecular weight is 351 g/mol. The third-order valence-electron chi connectivity index (χ3n) is 3.03. The lowest BCUT2D eigenvalue weighted by atomic mass is 10.2. The number of hydrogen-bond acceptors (Lipinski definition) is 7. The molecule has 0 saturated carbocycles. The van der Waals surface area contributed by atoms with Gasteiger partial charge in [0, 0.05) is 18.7 Å². The smallest absolute Gasteiger partial charge is 0.304 e. The molecule has 1 aliphatic heterocycles. The van der Waals surface area contributed by atoms with Crippen molar-refractivity contribution in [3.8, 4) is 0 Å². The van der Waals surface area contributed by atoms with Gasteiger partial charge in [-0.1, -0.05) is 11.3 Å². The van der Waals surface area contributed by atoms with Crippen LogP contribution in [0.2, 0.25) is 0 Å². The maximum atomic E-state index is 12.3. The molecule has 2 N–H and O–H groups in total. The standard InChI is InChI=1S/C11H17N3O4S3/c1-2-12-11-9(14(15)16)7-10(20-11)21(17,18)13-8-3-5-19-6-4-8/h7-8,12-13H,2-6H2,1H3. The van der Waals surface area contributed by atoms with Gasteiger partial charge in [0.2, 0.25) is 0 Å². The molecule has 2 rings (SSSR count). The summed E-state index contributed by atoms with van der Waals surface area (Å²) in [6.07, 6.45) is 1.58. The van der Waals surface area contributed by atoms with Crippen molar-refractivity contribution < 1.29 is 13.3 Å². The number of nitrogens with zero attached hydrogens (tertiary/aromatic N) is 1. The Morgan fingerprint density at radius 3 is 2.67 bits per heavy atom. The summed E-state index contributed by atoms with van der Waals surface area (Å²) in [5.74, 6) is 1.86. The van der Waals surface area contributed by atoms with Crippen LogP contribution in [0.15, 0.2) is 10.3 Å². The first-order valence-corrected chi connectivity index (χ1v) is 10.0. The summed E-state index contributed by atoms with van der Waals surface area (Å²) in [7, 11) is -3.70. The molecule has 10 heteroatoms. The predicted molar refractivity (Wildman–Crippen MR) is 85.8 cm³/mol.